The number of rotatable bonds is 8. The fourth-order valence-electron chi connectivity index (χ4n) is 2.74. The number of ether oxygens (including phenoxy) is 1. The van der Waals surface area contributed by atoms with Gasteiger partial charge < -0.3 is 14.0 Å². The highest BCUT2D eigenvalue weighted by molar-refractivity contribution is 6.47. The van der Waals surface area contributed by atoms with Crippen LogP contribution in [0.2, 0.25) is 6.32 Å². The van der Waals surface area contributed by atoms with Gasteiger partial charge in [0.1, 0.15) is 0 Å². The molecule has 23 heavy (non-hydrogen) atoms. The topological polar surface area (TPSA) is 44.8 Å². The van der Waals surface area contributed by atoms with E-state index >= 15 is 0 Å². The van der Waals surface area contributed by atoms with Gasteiger partial charge in [0.05, 0.1) is 18.3 Å². The summed E-state index contributed by atoms with van der Waals surface area (Å²) >= 11 is 0. The largest absolute Gasteiger partial charge is 0.466 e. The Morgan fingerprint density at radius 2 is 1.61 bits per heavy atom. The molecule has 132 valence electrons. The zero-order valence-corrected chi connectivity index (χ0v) is 16.0. The molecular formula is C18H33BO4. The van der Waals surface area contributed by atoms with Gasteiger partial charge in [-0.15, -0.1) is 0 Å². The molecule has 1 fully saturated rings. The van der Waals surface area contributed by atoms with Gasteiger partial charge in [-0.25, -0.2) is 4.79 Å². The SMILES string of the molecule is CCCCCC/C(C)=C(/CB1OC(C)(C)C(C)(C)O1)C(=O)OC. The van der Waals surface area contributed by atoms with Gasteiger partial charge in [0, 0.05) is 11.9 Å². The molecule has 0 unspecified atom stereocenters. The maximum Gasteiger partial charge on any atom is 0.462 e. The molecule has 1 rings (SSSR count). The highest BCUT2D eigenvalue weighted by Crippen LogP contribution is 2.39. The Labute approximate surface area is 142 Å². The lowest BCUT2D eigenvalue weighted by atomic mass is 9.78. The van der Waals surface area contributed by atoms with Gasteiger partial charge in [-0.05, 0) is 47.5 Å². The first-order valence-electron chi connectivity index (χ1n) is 8.77. The van der Waals surface area contributed by atoms with Crippen LogP contribution in [0, 0.1) is 0 Å². The molecule has 0 aromatic carbocycles. The molecule has 0 aromatic rings. The fraction of sp³-hybridized carbons (Fsp3) is 0.833. The van der Waals surface area contributed by atoms with Crippen molar-refractivity contribution in [1.82, 2.24) is 0 Å². The van der Waals surface area contributed by atoms with Gasteiger partial charge in [-0.3, -0.25) is 0 Å². The van der Waals surface area contributed by atoms with Crippen LogP contribution in [0.25, 0.3) is 0 Å². The minimum absolute atomic E-state index is 0.271. The molecule has 0 aromatic heterocycles. The van der Waals surface area contributed by atoms with E-state index in [0.29, 0.717) is 11.9 Å². The molecule has 0 radical (unpaired) electrons. The first-order chi connectivity index (χ1) is 10.6. The summed E-state index contributed by atoms with van der Waals surface area (Å²) < 4.78 is 17.0. The molecule has 0 saturated carbocycles. The minimum atomic E-state index is -0.403. The van der Waals surface area contributed by atoms with E-state index in [0.717, 1.165) is 18.4 Å². The monoisotopic (exact) mass is 324 g/mol. The van der Waals surface area contributed by atoms with E-state index in [-0.39, 0.29) is 17.2 Å². The quantitative estimate of drug-likeness (QED) is 0.285. The van der Waals surface area contributed by atoms with E-state index in [9.17, 15) is 4.79 Å². The zero-order valence-electron chi connectivity index (χ0n) is 16.0. The van der Waals surface area contributed by atoms with Crippen LogP contribution >= 0.6 is 0 Å². The summed E-state index contributed by atoms with van der Waals surface area (Å²) in [5.41, 5.74) is 1.02. The molecular weight excluding hydrogens is 291 g/mol. The summed E-state index contributed by atoms with van der Waals surface area (Å²) in [6, 6.07) is 0. The minimum Gasteiger partial charge on any atom is -0.466 e. The molecule has 0 spiro atoms. The van der Waals surface area contributed by atoms with Crippen molar-refractivity contribution < 1.29 is 18.8 Å². The number of esters is 1. The zero-order chi connectivity index (χ0) is 17.7. The second-order valence-electron chi connectivity index (χ2n) is 7.45. The molecule has 0 N–H and O–H groups in total. The predicted octanol–water partition coefficient (Wildman–Crippen LogP) is 4.54. The molecule has 5 heteroatoms. The maximum atomic E-state index is 12.2. The molecule has 4 nitrogen and oxygen atoms in total. The van der Waals surface area contributed by atoms with Crippen LogP contribution in [-0.4, -0.2) is 31.4 Å². The van der Waals surface area contributed by atoms with E-state index in [1.165, 1.54) is 26.4 Å². The molecule has 0 atom stereocenters. The third-order valence-electron chi connectivity index (χ3n) is 5.03. The molecule has 0 bridgehead atoms. The molecule has 0 amide bonds. The number of unbranched alkanes of at least 4 members (excludes halogenated alkanes) is 3. The van der Waals surface area contributed by atoms with Crippen molar-refractivity contribution in [3.8, 4) is 0 Å². The third-order valence-corrected chi connectivity index (χ3v) is 5.03. The second kappa shape index (κ2) is 8.34. The lowest BCUT2D eigenvalue weighted by Gasteiger charge is -2.32. The summed E-state index contributed by atoms with van der Waals surface area (Å²) in [4.78, 5) is 12.2. The first-order valence-corrected chi connectivity index (χ1v) is 8.77. The Kier molecular flexibility index (Phi) is 7.34. The summed E-state index contributed by atoms with van der Waals surface area (Å²) in [6.45, 7) is 12.3. The van der Waals surface area contributed by atoms with Crippen molar-refractivity contribution in [2.75, 3.05) is 7.11 Å². The maximum absolute atomic E-state index is 12.2. The standard InChI is InChI=1S/C18H33BO4/c1-8-9-10-11-12-14(2)15(16(20)21-7)13-19-22-17(3,4)18(5,6)23-19/h8-13H2,1-7H3/b15-14-. The van der Waals surface area contributed by atoms with E-state index in [1.54, 1.807) is 0 Å². The Morgan fingerprint density at radius 3 is 2.09 bits per heavy atom. The molecule has 1 aliphatic heterocycles. The highest BCUT2D eigenvalue weighted by atomic mass is 16.7. The number of hydrogen-bond acceptors (Lipinski definition) is 4. The van der Waals surface area contributed by atoms with Crippen LogP contribution in [0.15, 0.2) is 11.1 Å². The number of allylic oxidation sites excluding steroid dienone is 1. The van der Waals surface area contributed by atoms with Crippen molar-refractivity contribution in [1.29, 1.82) is 0 Å². The van der Waals surface area contributed by atoms with Crippen molar-refractivity contribution in [3.05, 3.63) is 11.1 Å². The van der Waals surface area contributed by atoms with Crippen LogP contribution in [0.5, 0.6) is 0 Å². The number of carbonyl (C=O) groups excluding carboxylic acids is 1. The summed E-state index contributed by atoms with van der Waals surface area (Å²) in [7, 11) is 1.02. The summed E-state index contributed by atoms with van der Waals surface area (Å²) in [6.07, 6.45) is 6.10. The molecule has 0 aliphatic carbocycles. The fourth-order valence-corrected chi connectivity index (χ4v) is 2.74. The lowest BCUT2D eigenvalue weighted by Crippen LogP contribution is -2.41. The average molecular weight is 324 g/mol. The second-order valence-corrected chi connectivity index (χ2v) is 7.45. The highest BCUT2D eigenvalue weighted by Gasteiger charge is 2.51. The summed E-state index contributed by atoms with van der Waals surface area (Å²) in [5, 5.41) is 0. The van der Waals surface area contributed by atoms with Gasteiger partial charge >= 0.3 is 13.1 Å². The smallest absolute Gasteiger partial charge is 0.462 e. The van der Waals surface area contributed by atoms with Gasteiger partial charge in [0.25, 0.3) is 0 Å². The van der Waals surface area contributed by atoms with Gasteiger partial charge in [-0.2, -0.15) is 0 Å². The first kappa shape index (κ1) is 20.2. The van der Waals surface area contributed by atoms with Crippen LogP contribution < -0.4 is 0 Å². The van der Waals surface area contributed by atoms with E-state index in [1.807, 2.05) is 34.6 Å². The Balaban J connectivity index is 2.78. The van der Waals surface area contributed by atoms with E-state index < -0.39 is 7.12 Å². The van der Waals surface area contributed by atoms with Crippen molar-refractivity contribution in [3.63, 3.8) is 0 Å². The summed E-state index contributed by atoms with van der Waals surface area (Å²) in [5.74, 6) is -0.271. The number of carbonyl (C=O) groups is 1. The van der Waals surface area contributed by atoms with Crippen LogP contribution in [-0.2, 0) is 18.8 Å². The van der Waals surface area contributed by atoms with E-state index in [4.69, 9.17) is 14.0 Å². The normalized spacial score (nSPS) is 20.4. The average Bonchev–Trinajstić information content (AvgIpc) is 2.67. The van der Waals surface area contributed by atoms with Crippen LogP contribution in [0.4, 0.5) is 0 Å². The van der Waals surface area contributed by atoms with Crippen molar-refractivity contribution in [2.45, 2.75) is 91.2 Å². The van der Waals surface area contributed by atoms with Gasteiger partial charge in [0.15, 0.2) is 0 Å². The van der Waals surface area contributed by atoms with Crippen LogP contribution in [0.3, 0.4) is 0 Å². The van der Waals surface area contributed by atoms with Crippen LogP contribution in [0.1, 0.15) is 73.6 Å². The number of hydrogen-bond donors (Lipinski definition) is 0. The Hall–Kier alpha value is -0.805. The number of methoxy groups -OCH3 is 1. The van der Waals surface area contributed by atoms with Gasteiger partial charge in [-0.1, -0.05) is 31.8 Å². The predicted molar refractivity (Wildman–Crippen MR) is 94.4 cm³/mol. The Bertz CT molecular complexity index is 424. The molecule has 1 saturated heterocycles. The Morgan fingerprint density at radius 1 is 1.04 bits per heavy atom. The third kappa shape index (κ3) is 5.35. The van der Waals surface area contributed by atoms with E-state index in [2.05, 4.69) is 6.92 Å². The lowest BCUT2D eigenvalue weighted by molar-refractivity contribution is -0.136. The van der Waals surface area contributed by atoms with Crippen molar-refractivity contribution in [2.24, 2.45) is 0 Å². The molecule has 1 aliphatic rings. The molecule has 1 heterocycles. The van der Waals surface area contributed by atoms with Gasteiger partial charge in [0.2, 0.25) is 0 Å². The van der Waals surface area contributed by atoms with Crippen molar-refractivity contribution >= 4 is 13.1 Å².